The fourth-order valence-corrected chi connectivity index (χ4v) is 4.69. The van der Waals surface area contributed by atoms with Crippen LogP contribution in [0.5, 0.6) is 0 Å². The maximum absolute atomic E-state index is 6.16. The van der Waals surface area contributed by atoms with Gasteiger partial charge in [0.25, 0.3) is 0 Å². The molecule has 2 aromatic heterocycles. The zero-order valence-electron chi connectivity index (χ0n) is 15.8. The zero-order valence-corrected chi connectivity index (χ0v) is 17.4. The van der Waals surface area contributed by atoms with Gasteiger partial charge in [0, 0.05) is 23.1 Å². The van der Waals surface area contributed by atoms with Gasteiger partial charge in [-0.05, 0) is 80.9 Å². The van der Waals surface area contributed by atoms with Gasteiger partial charge in [-0.15, -0.1) is 23.7 Å². The molecule has 0 aliphatic heterocycles. The van der Waals surface area contributed by atoms with E-state index in [2.05, 4.69) is 47.3 Å². The summed E-state index contributed by atoms with van der Waals surface area (Å²) in [6, 6.07) is 11.1. The van der Waals surface area contributed by atoms with E-state index < -0.39 is 0 Å². The van der Waals surface area contributed by atoms with Crippen molar-refractivity contribution in [1.82, 2.24) is 9.88 Å². The van der Waals surface area contributed by atoms with E-state index in [0.29, 0.717) is 11.8 Å². The Morgan fingerprint density at radius 3 is 2.63 bits per heavy atom. The quantitative estimate of drug-likeness (QED) is 0.461. The fraction of sp³-hybridized carbons (Fsp3) is 0.381. The predicted octanol–water partition coefficient (Wildman–Crippen LogP) is 5.28. The van der Waals surface area contributed by atoms with Crippen LogP contribution in [0.2, 0.25) is 0 Å². The molecule has 0 unspecified atom stereocenters. The molecule has 1 fully saturated rings. The van der Waals surface area contributed by atoms with Crippen LogP contribution in [0.3, 0.4) is 0 Å². The zero-order chi connectivity index (χ0) is 18.1. The van der Waals surface area contributed by atoms with E-state index in [1.165, 1.54) is 42.1 Å². The lowest BCUT2D eigenvalue weighted by molar-refractivity contribution is 0.217. The molecule has 1 aromatic carbocycles. The summed E-state index contributed by atoms with van der Waals surface area (Å²) in [5.74, 6) is 1.22. The van der Waals surface area contributed by atoms with Crippen LogP contribution < -0.4 is 5.73 Å². The molecule has 27 heavy (non-hydrogen) atoms. The van der Waals surface area contributed by atoms with Crippen LogP contribution >= 0.6 is 23.7 Å². The Morgan fingerprint density at radius 2 is 1.96 bits per heavy atom. The maximum Gasteiger partial charge on any atom is 0.141 e. The normalized spacial score (nSPS) is 20.8. The van der Waals surface area contributed by atoms with E-state index in [0.717, 1.165) is 16.6 Å². The Morgan fingerprint density at radius 1 is 1.19 bits per heavy atom. The van der Waals surface area contributed by atoms with E-state index in [9.17, 15) is 0 Å². The molecule has 2 heterocycles. The van der Waals surface area contributed by atoms with E-state index in [-0.39, 0.29) is 12.4 Å². The first-order chi connectivity index (χ1) is 12.6. The summed E-state index contributed by atoms with van der Waals surface area (Å²) in [7, 11) is 4.39. The SMILES string of the molecule is CN(C)C1CCC(c2c[nH]c3ccc(N=C(N)c4cccs4)cc23)CC1.Cl. The number of hydrogen-bond acceptors (Lipinski definition) is 3. The second-order valence-electron chi connectivity index (χ2n) is 7.42. The number of thiophene rings is 1. The monoisotopic (exact) mass is 402 g/mol. The minimum absolute atomic E-state index is 0. The highest BCUT2D eigenvalue weighted by molar-refractivity contribution is 7.12. The minimum atomic E-state index is 0. The second-order valence-corrected chi connectivity index (χ2v) is 8.37. The molecule has 3 aromatic rings. The highest BCUT2D eigenvalue weighted by Crippen LogP contribution is 2.38. The Balaban J connectivity index is 0.00000210. The fourth-order valence-electron chi connectivity index (χ4n) is 4.06. The van der Waals surface area contributed by atoms with E-state index in [4.69, 9.17) is 5.73 Å². The van der Waals surface area contributed by atoms with E-state index in [1.54, 1.807) is 11.3 Å². The lowest BCUT2D eigenvalue weighted by Crippen LogP contribution is -2.31. The van der Waals surface area contributed by atoms with Gasteiger partial charge in [0.2, 0.25) is 0 Å². The molecule has 0 atom stereocenters. The van der Waals surface area contributed by atoms with Crippen molar-refractivity contribution in [3.05, 3.63) is 52.3 Å². The van der Waals surface area contributed by atoms with Crippen molar-refractivity contribution >= 4 is 46.2 Å². The summed E-state index contributed by atoms with van der Waals surface area (Å²) in [5, 5.41) is 3.31. The van der Waals surface area contributed by atoms with Crippen molar-refractivity contribution in [1.29, 1.82) is 0 Å². The predicted molar refractivity (Wildman–Crippen MR) is 119 cm³/mol. The van der Waals surface area contributed by atoms with Crippen molar-refractivity contribution in [2.75, 3.05) is 14.1 Å². The van der Waals surface area contributed by atoms with Gasteiger partial charge in [-0.2, -0.15) is 0 Å². The summed E-state index contributed by atoms with van der Waals surface area (Å²) in [5.41, 5.74) is 9.70. The standard InChI is InChI=1S/C21H26N4S.ClH/c1-25(2)16-8-5-14(6-9-16)18-13-23-19-10-7-15(12-17(18)19)24-21(22)20-4-3-11-26-20;/h3-4,7,10-14,16,23H,5-6,8-9H2,1-2H3,(H2,22,24);1H. The average Bonchev–Trinajstić information content (AvgIpc) is 3.31. The molecule has 4 rings (SSSR count). The summed E-state index contributed by atoms with van der Waals surface area (Å²) in [6.07, 6.45) is 7.24. The Hall–Kier alpha value is -1.82. The third-order valence-electron chi connectivity index (χ3n) is 5.59. The molecule has 0 saturated heterocycles. The van der Waals surface area contributed by atoms with Crippen LogP contribution in [0.15, 0.2) is 46.9 Å². The topological polar surface area (TPSA) is 57.4 Å². The van der Waals surface area contributed by atoms with Crippen molar-refractivity contribution in [2.45, 2.75) is 37.6 Å². The lowest BCUT2D eigenvalue weighted by atomic mass is 9.81. The van der Waals surface area contributed by atoms with Gasteiger partial charge >= 0.3 is 0 Å². The highest BCUT2D eigenvalue weighted by atomic mass is 35.5. The molecule has 0 radical (unpaired) electrons. The average molecular weight is 403 g/mol. The molecule has 3 N–H and O–H groups in total. The molecule has 144 valence electrons. The van der Waals surface area contributed by atoms with Crippen LogP contribution in [0.4, 0.5) is 5.69 Å². The van der Waals surface area contributed by atoms with Crippen LogP contribution in [0, 0.1) is 0 Å². The molecule has 4 nitrogen and oxygen atoms in total. The number of nitrogens with two attached hydrogens (primary N) is 1. The van der Waals surface area contributed by atoms with Crippen molar-refractivity contribution in [3.63, 3.8) is 0 Å². The number of H-pyrrole nitrogens is 1. The van der Waals surface area contributed by atoms with Crippen LogP contribution in [0.25, 0.3) is 10.9 Å². The van der Waals surface area contributed by atoms with Crippen LogP contribution in [-0.4, -0.2) is 35.9 Å². The van der Waals surface area contributed by atoms with Crippen molar-refractivity contribution < 1.29 is 0 Å². The van der Waals surface area contributed by atoms with Crippen LogP contribution in [-0.2, 0) is 0 Å². The van der Waals surface area contributed by atoms with Gasteiger partial charge in [0.15, 0.2) is 0 Å². The number of rotatable bonds is 4. The molecule has 1 saturated carbocycles. The highest BCUT2D eigenvalue weighted by Gasteiger charge is 2.25. The first-order valence-corrected chi connectivity index (χ1v) is 10.2. The molecule has 0 amide bonds. The van der Waals surface area contributed by atoms with Gasteiger partial charge in [-0.3, -0.25) is 0 Å². The molecular formula is C21H27ClN4S. The molecular weight excluding hydrogens is 376 g/mol. The summed E-state index contributed by atoms with van der Waals surface area (Å²) in [4.78, 5) is 11.5. The first-order valence-electron chi connectivity index (χ1n) is 9.27. The van der Waals surface area contributed by atoms with Gasteiger partial charge < -0.3 is 15.6 Å². The largest absolute Gasteiger partial charge is 0.383 e. The number of halogens is 1. The number of aromatic amines is 1. The van der Waals surface area contributed by atoms with Gasteiger partial charge in [0.05, 0.1) is 10.6 Å². The summed E-state index contributed by atoms with van der Waals surface area (Å²) < 4.78 is 0. The van der Waals surface area contributed by atoms with E-state index >= 15 is 0 Å². The van der Waals surface area contributed by atoms with Gasteiger partial charge in [-0.1, -0.05) is 6.07 Å². The maximum atomic E-state index is 6.16. The van der Waals surface area contributed by atoms with Crippen LogP contribution in [0.1, 0.15) is 42.0 Å². The van der Waals surface area contributed by atoms with Gasteiger partial charge in [-0.25, -0.2) is 4.99 Å². The number of hydrogen-bond donors (Lipinski definition) is 2. The number of benzene rings is 1. The first kappa shape index (κ1) is 19.9. The number of amidine groups is 1. The van der Waals surface area contributed by atoms with E-state index in [1.807, 2.05) is 23.6 Å². The van der Waals surface area contributed by atoms with Crippen molar-refractivity contribution in [2.24, 2.45) is 10.7 Å². The molecule has 1 aliphatic rings. The number of nitrogens with one attached hydrogen (secondary N) is 1. The third kappa shape index (κ3) is 4.21. The number of aromatic nitrogens is 1. The smallest absolute Gasteiger partial charge is 0.141 e. The number of fused-ring (bicyclic) bond motifs is 1. The molecule has 0 spiro atoms. The third-order valence-corrected chi connectivity index (χ3v) is 6.48. The number of aliphatic imine (C=N–C) groups is 1. The summed E-state index contributed by atoms with van der Waals surface area (Å²) >= 11 is 1.62. The number of nitrogens with zero attached hydrogens (tertiary/aromatic N) is 2. The Kier molecular flexibility index (Phi) is 6.25. The Bertz CT molecular complexity index is 906. The molecule has 0 bridgehead atoms. The second kappa shape index (κ2) is 8.46. The minimum Gasteiger partial charge on any atom is -0.383 e. The lowest BCUT2D eigenvalue weighted by Gasteiger charge is -2.32. The summed E-state index contributed by atoms with van der Waals surface area (Å²) in [6.45, 7) is 0. The molecule has 1 aliphatic carbocycles. The van der Waals surface area contributed by atoms with Gasteiger partial charge in [0.1, 0.15) is 5.84 Å². The molecule has 6 heteroatoms. The van der Waals surface area contributed by atoms with Crippen molar-refractivity contribution in [3.8, 4) is 0 Å². The Labute approximate surface area is 170 Å².